The van der Waals surface area contributed by atoms with Crippen LogP contribution in [0.4, 0.5) is 11.6 Å². The largest absolute Gasteiger partial charge is 0.465 e. The number of hydrogen-bond donors (Lipinski definition) is 1. The van der Waals surface area contributed by atoms with Crippen LogP contribution in [-0.4, -0.2) is 71.0 Å². The first kappa shape index (κ1) is 23.7. The number of aromatic nitrogens is 2. The van der Waals surface area contributed by atoms with E-state index < -0.39 is 0 Å². The highest BCUT2D eigenvalue weighted by Crippen LogP contribution is 2.22. The van der Waals surface area contributed by atoms with Gasteiger partial charge in [0.05, 0.1) is 18.8 Å². The second-order valence-electron chi connectivity index (χ2n) is 7.85. The average Bonchev–Trinajstić information content (AvgIpc) is 2.85. The molecule has 8 nitrogen and oxygen atoms in total. The number of rotatable bonds is 7. The van der Waals surface area contributed by atoms with E-state index in [1.165, 1.54) is 0 Å². The summed E-state index contributed by atoms with van der Waals surface area (Å²) in [4.78, 5) is 37.2. The van der Waals surface area contributed by atoms with Crippen molar-refractivity contribution in [1.29, 1.82) is 0 Å². The van der Waals surface area contributed by atoms with Crippen molar-refractivity contribution in [3.05, 3.63) is 71.4 Å². The highest BCUT2D eigenvalue weighted by Gasteiger charge is 2.23. The summed E-state index contributed by atoms with van der Waals surface area (Å²) in [7, 11) is 0. The number of hydrogen-bond acceptors (Lipinski definition) is 7. The second-order valence-corrected chi connectivity index (χ2v) is 8.28. The number of benzene rings is 2. The first-order valence-electron chi connectivity index (χ1n) is 11.1. The van der Waals surface area contributed by atoms with E-state index in [-0.39, 0.29) is 18.4 Å². The van der Waals surface area contributed by atoms with Crippen molar-refractivity contribution < 1.29 is 14.3 Å². The molecule has 0 unspecified atom stereocenters. The molecule has 2 aromatic carbocycles. The molecule has 0 aliphatic carbocycles. The van der Waals surface area contributed by atoms with Gasteiger partial charge in [-0.2, -0.15) is 0 Å². The second kappa shape index (κ2) is 11.1. The lowest BCUT2D eigenvalue weighted by atomic mass is 10.1. The molecule has 0 atom stereocenters. The molecule has 1 aliphatic heterocycles. The van der Waals surface area contributed by atoms with Gasteiger partial charge in [-0.1, -0.05) is 23.7 Å². The van der Waals surface area contributed by atoms with E-state index in [2.05, 4.69) is 15.3 Å². The Balaban J connectivity index is 1.34. The molecule has 1 aliphatic rings. The zero-order valence-electron chi connectivity index (χ0n) is 18.9. The molecule has 0 spiro atoms. The Kier molecular flexibility index (Phi) is 7.72. The first-order valence-corrected chi connectivity index (χ1v) is 11.5. The van der Waals surface area contributed by atoms with Gasteiger partial charge in [0.1, 0.15) is 0 Å². The van der Waals surface area contributed by atoms with E-state index in [1.54, 1.807) is 25.3 Å². The highest BCUT2D eigenvalue weighted by molar-refractivity contribution is 6.30. The molecule has 1 N–H and O–H groups in total. The van der Waals surface area contributed by atoms with Gasteiger partial charge in [0.25, 0.3) is 5.91 Å². The standard InChI is InChI=1S/C25H26ClN5O3/c1-2-34-23(32)17-30-13-15-31(16-14-30)24(33)19-5-9-21(10-6-19)28-25-27-12-11-22(29-25)18-3-7-20(26)8-4-18/h3-12H,2,13-17H2,1H3,(H,27,28,29). The number of halogens is 1. The summed E-state index contributed by atoms with van der Waals surface area (Å²) in [5.41, 5.74) is 3.12. The fourth-order valence-corrected chi connectivity index (χ4v) is 3.83. The molecule has 0 radical (unpaired) electrons. The minimum atomic E-state index is -0.229. The van der Waals surface area contributed by atoms with Gasteiger partial charge in [0.15, 0.2) is 0 Å². The maximum atomic E-state index is 12.9. The van der Waals surface area contributed by atoms with Gasteiger partial charge < -0.3 is 15.0 Å². The van der Waals surface area contributed by atoms with E-state index in [1.807, 2.05) is 52.3 Å². The van der Waals surface area contributed by atoms with Gasteiger partial charge in [0.2, 0.25) is 5.95 Å². The summed E-state index contributed by atoms with van der Waals surface area (Å²) in [6, 6.07) is 16.5. The number of carbonyl (C=O) groups excluding carboxylic acids is 2. The van der Waals surface area contributed by atoms with Crippen LogP contribution in [0.15, 0.2) is 60.8 Å². The average molecular weight is 480 g/mol. The number of piperazine rings is 1. The quantitative estimate of drug-likeness (QED) is 0.515. The van der Waals surface area contributed by atoms with E-state index in [9.17, 15) is 9.59 Å². The molecule has 1 saturated heterocycles. The molecule has 1 aromatic heterocycles. The van der Waals surface area contributed by atoms with Crippen molar-refractivity contribution in [2.75, 3.05) is 44.6 Å². The summed E-state index contributed by atoms with van der Waals surface area (Å²) in [5.74, 6) is 0.209. The van der Waals surface area contributed by atoms with Gasteiger partial charge in [-0.3, -0.25) is 14.5 Å². The molecule has 0 bridgehead atoms. The lowest BCUT2D eigenvalue weighted by Gasteiger charge is -2.34. The molecule has 34 heavy (non-hydrogen) atoms. The smallest absolute Gasteiger partial charge is 0.320 e. The molecule has 1 fully saturated rings. The van der Waals surface area contributed by atoms with Crippen molar-refractivity contribution in [1.82, 2.24) is 19.8 Å². The molecule has 4 rings (SSSR count). The van der Waals surface area contributed by atoms with E-state index in [0.29, 0.717) is 49.3 Å². The normalized spacial score (nSPS) is 14.0. The number of amides is 1. The number of ether oxygens (including phenoxy) is 1. The van der Waals surface area contributed by atoms with Gasteiger partial charge in [0, 0.05) is 54.2 Å². The topological polar surface area (TPSA) is 87.7 Å². The SMILES string of the molecule is CCOC(=O)CN1CCN(C(=O)c2ccc(Nc3nccc(-c4ccc(Cl)cc4)n3)cc2)CC1. The van der Waals surface area contributed by atoms with Gasteiger partial charge >= 0.3 is 5.97 Å². The number of nitrogens with zero attached hydrogens (tertiary/aromatic N) is 4. The molecule has 2 heterocycles. The van der Waals surface area contributed by atoms with Crippen LogP contribution in [0, 0.1) is 0 Å². The Morgan fingerprint density at radius 2 is 1.71 bits per heavy atom. The summed E-state index contributed by atoms with van der Waals surface area (Å²) in [6.45, 7) is 4.87. The summed E-state index contributed by atoms with van der Waals surface area (Å²) in [6.07, 6.45) is 1.69. The maximum absolute atomic E-state index is 12.9. The zero-order chi connectivity index (χ0) is 23.9. The van der Waals surface area contributed by atoms with Gasteiger partial charge in [-0.25, -0.2) is 9.97 Å². The summed E-state index contributed by atoms with van der Waals surface area (Å²) < 4.78 is 4.99. The van der Waals surface area contributed by atoms with Crippen LogP contribution >= 0.6 is 11.6 Å². The fourth-order valence-electron chi connectivity index (χ4n) is 3.71. The Labute approximate surface area is 203 Å². The number of carbonyl (C=O) groups is 2. The van der Waals surface area contributed by atoms with Crippen LogP contribution in [0.5, 0.6) is 0 Å². The highest BCUT2D eigenvalue weighted by atomic mass is 35.5. The van der Waals surface area contributed by atoms with Crippen molar-refractivity contribution in [2.45, 2.75) is 6.92 Å². The van der Waals surface area contributed by atoms with Gasteiger partial charge in [-0.05, 0) is 49.4 Å². The van der Waals surface area contributed by atoms with E-state index in [4.69, 9.17) is 16.3 Å². The van der Waals surface area contributed by atoms with Crippen molar-refractivity contribution in [2.24, 2.45) is 0 Å². The molecular weight excluding hydrogens is 454 g/mol. The van der Waals surface area contributed by atoms with E-state index in [0.717, 1.165) is 16.9 Å². The molecule has 176 valence electrons. The van der Waals surface area contributed by atoms with Crippen LogP contribution < -0.4 is 5.32 Å². The third-order valence-corrected chi connectivity index (χ3v) is 5.75. The van der Waals surface area contributed by atoms with Crippen LogP contribution in [0.2, 0.25) is 5.02 Å². The Hall–Kier alpha value is -3.49. The predicted octanol–water partition coefficient (Wildman–Crippen LogP) is 3.86. The van der Waals surface area contributed by atoms with Crippen LogP contribution in [0.3, 0.4) is 0 Å². The Morgan fingerprint density at radius 1 is 1.00 bits per heavy atom. The summed E-state index contributed by atoms with van der Waals surface area (Å²) >= 11 is 5.97. The predicted molar refractivity (Wildman–Crippen MR) is 131 cm³/mol. The summed E-state index contributed by atoms with van der Waals surface area (Å²) in [5, 5.41) is 3.85. The molecular formula is C25H26ClN5O3. The van der Waals surface area contributed by atoms with Crippen LogP contribution in [-0.2, 0) is 9.53 Å². The van der Waals surface area contributed by atoms with Crippen molar-refractivity contribution in [3.63, 3.8) is 0 Å². The molecule has 3 aromatic rings. The van der Waals surface area contributed by atoms with Crippen LogP contribution in [0.1, 0.15) is 17.3 Å². The molecule has 9 heteroatoms. The first-order chi connectivity index (χ1) is 16.5. The minimum Gasteiger partial charge on any atom is -0.465 e. The third-order valence-electron chi connectivity index (χ3n) is 5.50. The third kappa shape index (κ3) is 6.09. The Morgan fingerprint density at radius 3 is 2.38 bits per heavy atom. The lowest BCUT2D eigenvalue weighted by Crippen LogP contribution is -2.50. The monoisotopic (exact) mass is 479 g/mol. The van der Waals surface area contributed by atoms with Crippen molar-refractivity contribution in [3.8, 4) is 11.3 Å². The lowest BCUT2D eigenvalue weighted by molar-refractivity contribution is -0.144. The number of esters is 1. The van der Waals surface area contributed by atoms with Crippen LogP contribution in [0.25, 0.3) is 11.3 Å². The number of anilines is 2. The van der Waals surface area contributed by atoms with E-state index >= 15 is 0 Å². The Bertz CT molecular complexity index is 1130. The van der Waals surface area contributed by atoms with Gasteiger partial charge in [-0.15, -0.1) is 0 Å². The molecule has 0 saturated carbocycles. The maximum Gasteiger partial charge on any atom is 0.320 e. The number of nitrogens with one attached hydrogen (secondary N) is 1. The zero-order valence-corrected chi connectivity index (χ0v) is 19.7. The van der Waals surface area contributed by atoms with Crippen molar-refractivity contribution >= 4 is 35.1 Å². The minimum absolute atomic E-state index is 0.0247. The molecule has 1 amide bonds. The fraction of sp³-hybridized carbons (Fsp3) is 0.280.